The molecule has 0 aliphatic carbocycles. The Hall–Kier alpha value is -2.57. The van der Waals surface area contributed by atoms with Gasteiger partial charge in [0.1, 0.15) is 5.75 Å². The van der Waals surface area contributed by atoms with Crippen LogP contribution in [0.4, 0.5) is 0 Å². The molecule has 3 rings (SSSR count). The summed E-state index contributed by atoms with van der Waals surface area (Å²) < 4.78 is 11.1. The molecule has 1 aliphatic heterocycles. The van der Waals surface area contributed by atoms with Crippen molar-refractivity contribution >= 4 is 23.4 Å². The van der Waals surface area contributed by atoms with E-state index in [4.69, 9.17) is 21.1 Å². The number of carbonyl (C=O) groups excluding carboxylic acids is 2. The van der Waals surface area contributed by atoms with Crippen molar-refractivity contribution in [3.8, 4) is 5.75 Å². The molecule has 2 aromatic carbocycles. The molecule has 2 N–H and O–H groups in total. The Labute approximate surface area is 194 Å². The predicted molar refractivity (Wildman–Crippen MR) is 125 cm³/mol. The molecule has 172 valence electrons. The molecule has 1 heterocycles. The fraction of sp³-hybridized carbons (Fsp3) is 0.440. The van der Waals surface area contributed by atoms with E-state index in [0.29, 0.717) is 37.0 Å². The van der Waals surface area contributed by atoms with E-state index in [2.05, 4.69) is 17.6 Å². The van der Waals surface area contributed by atoms with Crippen molar-refractivity contribution in [3.05, 3.63) is 64.7 Å². The number of carbonyl (C=O) groups is 2. The standard InChI is InChI=1S/C25H31ClN2O4/c1-2-3-13-32-22-9-7-19(8-10-22)24(30)27-17-23(29)28-18-25(11-14-31-15-12-25)20-5-4-6-21(26)16-20/h4-10,16H,2-3,11-15,17-18H2,1H3,(H,27,30)(H,28,29). The van der Waals surface area contributed by atoms with Crippen LogP contribution in [0.15, 0.2) is 48.5 Å². The molecule has 0 bridgehead atoms. The van der Waals surface area contributed by atoms with Crippen molar-refractivity contribution in [3.63, 3.8) is 0 Å². The van der Waals surface area contributed by atoms with Crippen LogP contribution in [-0.2, 0) is 14.9 Å². The first-order valence-electron chi connectivity index (χ1n) is 11.1. The minimum Gasteiger partial charge on any atom is -0.494 e. The third-order valence-electron chi connectivity index (χ3n) is 5.80. The lowest BCUT2D eigenvalue weighted by molar-refractivity contribution is -0.120. The van der Waals surface area contributed by atoms with Crippen LogP contribution in [-0.4, -0.2) is 44.7 Å². The van der Waals surface area contributed by atoms with E-state index in [9.17, 15) is 9.59 Å². The normalized spacial score (nSPS) is 15.1. The highest BCUT2D eigenvalue weighted by molar-refractivity contribution is 6.30. The van der Waals surface area contributed by atoms with Gasteiger partial charge in [0.05, 0.1) is 13.2 Å². The van der Waals surface area contributed by atoms with Gasteiger partial charge in [-0.15, -0.1) is 0 Å². The molecule has 0 atom stereocenters. The molecule has 0 aromatic heterocycles. The summed E-state index contributed by atoms with van der Waals surface area (Å²) >= 11 is 6.20. The van der Waals surface area contributed by atoms with Crippen LogP contribution in [0.25, 0.3) is 0 Å². The second kappa shape index (κ2) is 11.9. The molecule has 0 spiro atoms. The van der Waals surface area contributed by atoms with Crippen LogP contribution in [0.2, 0.25) is 5.02 Å². The zero-order chi connectivity index (χ0) is 22.8. The van der Waals surface area contributed by atoms with Gasteiger partial charge >= 0.3 is 0 Å². The monoisotopic (exact) mass is 458 g/mol. The van der Waals surface area contributed by atoms with E-state index < -0.39 is 0 Å². The van der Waals surface area contributed by atoms with Crippen LogP contribution in [0.3, 0.4) is 0 Å². The number of halogens is 1. The van der Waals surface area contributed by atoms with Crippen molar-refractivity contribution in [2.75, 3.05) is 32.9 Å². The maximum absolute atomic E-state index is 12.5. The van der Waals surface area contributed by atoms with E-state index in [1.807, 2.05) is 24.3 Å². The molecular formula is C25H31ClN2O4. The van der Waals surface area contributed by atoms with Gasteiger partial charge in [0, 0.05) is 35.8 Å². The lowest BCUT2D eigenvalue weighted by Crippen LogP contribution is -2.47. The van der Waals surface area contributed by atoms with Crippen molar-refractivity contribution in [1.82, 2.24) is 10.6 Å². The zero-order valence-electron chi connectivity index (χ0n) is 18.5. The lowest BCUT2D eigenvalue weighted by atomic mass is 9.74. The van der Waals surface area contributed by atoms with Crippen molar-refractivity contribution < 1.29 is 19.1 Å². The smallest absolute Gasteiger partial charge is 0.251 e. The Bertz CT molecular complexity index is 895. The molecule has 1 fully saturated rings. The molecule has 32 heavy (non-hydrogen) atoms. The Morgan fingerprint density at radius 3 is 2.53 bits per heavy atom. The lowest BCUT2D eigenvalue weighted by Gasteiger charge is -2.38. The third-order valence-corrected chi connectivity index (χ3v) is 6.04. The van der Waals surface area contributed by atoms with Gasteiger partial charge in [-0.05, 0) is 61.2 Å². The maximum Gasteiger partial charge on any atom is 0.251 e. The number of amides is 2. The first-order chi connectivity index (χ1) is 15.5. The first-order valence-corrected chi connectivity index (χ1v) is 11.5. The molecule has 2 aromatic rings. The SMILES string of the molecule is CCCCOc1ccc(C(=O)NCC(=O)NCC2(c3cccc(Cl)c3)CCOCC2)cc1. The minimum atomic E-state index is -0.295. The van der Waals surface area contributed by atoms with Crippen LogP contribution in [0.5, 0.6) is 5.75 Å². The Balaban J connectivity index is 1.50. The average molecular weight is 459 g/mol. The Kier molecular flexibility index (Phi) is 8.94. The van der Waals surface area contributed by atoms with Crippen molar-refractivity contribution in [2.45, 2.75) is 38.0 Å². The summed E-state index contributed by atoms with van der Waals surface area (Å²) in [4.78, 5) is 24.8. The minimum absolute atomic E-state index is 0.0876. The summed E-state index contributed by atoms with van der Waals surface area (Å²) in [6, 6.07) is 14.7. The topological polar surface area (TPSA) is 76.7 Å². The number of nitrogens with one attached hydrogen (secondary N) is 2. The number of ether oxygens (including phenoxy) is 2. The fourth-order valence-electron chi connectivity index (χ4n) is 3.78. The highest BCUT2D eigenvalue weighted by Gasteiger charge is 2.35. The molecule has 0 unspecified atom stereocenters. The quantitative estimate of drug-likeness (QED) is 0.525. The molecule has 1 saturated heterocycles. The molecule has 0 saturated carbocycles. The van der Waals surface area contributed by atoms with Crippen LogP contribution in [0, 0.1) is 0 Å². The summed E-state index contributed by atoms with van der Waals surface area (Å²) in [5, 5.41) is 6.34. The number of unbranched alkanes of at least 4 members (excludes halogenated alkanes) is 1. The number of hydrogen-bond acceptors (Lipinski definition) is 4. The van der Waals surface area contributed by atoms with Gasteiger partial charge in [-0.2, -0.15) is 0 Å². The summed E-state index contributed by atoms with van der Waals surface area (Å²) in [6.07, 6.45) is 3.65. The van der Waals surface area contributed by atoms with Crippen molar-refractivity contribution in [1.29, 1.82) is 0 Å². The summed E-state index contributed by atoms with van der Waals surface area (Å²) in [6.45, 7) is 4.41. The zero-order valence-corrected chi connectivity index (χ0v) is 19.2. The first kappa shape index (κ1) is 24.1. The molecule has 0 radical (unpaired) electrons. The van der Waals surface area contributed by atoms with E-state index in [-0.39, 0.29) is 23.8 Å². The van der Waals surface area contributed by atoms with Gasteiger partial charge in [-0.25, -0.2) is 0 Å². The highest BCUT2D eigenvalue weighted by atomic mass is 35.5. The Morgan fingerprint density at radius 1 is 1.09 bits per heavy atom. The Morgan fingerprint density at radius 2 is 1.84 bits per heavy atom. The van der Waals surface area contributed by atoms with E-state index in [1.165, 1.54) is 0 Å². The maximum atomic E-state index is 12.5. The van der Waals surface area contributed by atoms with Crippen LogP contribution < -0.4 is 15.4 Å². The molecule has 7 heteroatoms. The summed E-state index contributed by atoms with van der Waals surface area (Å²) in [5.41, 5.74) is 1.36. The van der Waals surface area contributed by atoms with Gasteiger partial charge in [-0.1, -0.05) is 37.1 Å². The molecule has 6 nitrogen and oxygen atoms in total. The summed E-state index contributed by atoms with van der Waals surface area (Å²) in [5.74, 6) is 0.206. The van der Waals surface area contributed by atoms with E-state index in [0.717, 1.165) is 37.0 Å². The predicted octanol–water partition coefficient (Wildman–Crippen LogP) is 4.11. The molecule has 2 amide bonds. The van der Waals surface area contributed by atoms with Crippen LogP contribution >= 0.6 is 11.6 Å². The van der Waals surface area contributed by atoms with Crippen molar-refractivity contribution in [2.24, 2.45) is 0 Å². The second-order valence-corrected chi connectivity index (χ2v) is 8.53. The summed E-state index contributed by atoms with van der Waals surface area (Å²) in [7, 11) is 0. The van der Waals surface area contributed by atoms with Gasteiger partial charge in [0.2, 0.25) is 5.91 Å². The number of hydrogen-bond donors (Lipinski definition) is 2. The van der Waals surface area contributed by atoms with E-state index in [1.54, 1.807) is 24.3 Å². The largest absolute Gasteiger partial charge is 0.494 e. The van der Waals surface area contributed by atoms with Gasteiger partial charge in [0.15, 0.2) is 0 Å². The van der Waals surface area contributed by atoms with Gasteiger partial charge < -0.3 is 20.1 Å². The van der Waals surface area contributed by atoms with Crippen LogP contribution in [0.1, 0.15) is 48.5 Å². The highest BCUT2D eigenvalue weighted by Crippen LogP contribution is 2.35. The third kappa shape index (κ3) is 6.71. The fourth-order valence-corrected chi connectivity index (χ4v) is 3.97. The number of benzene rings is 2. The molecule has 1 aliphatic rings. The number of rotatable bonds is 10. The van der Waals surface area contributed by atoms with Gasteiger partial charge in [0.25, 0.3) is 5.91 Å². The molecular weight excluding hydrogens is 428 g/mol. The average Bonchev–Trinajstić information content (AvgIpc) is 2.82. The second-order valence-electron chi connectivity index (χ2n) is 8.09. The van der Waals surface area contributed by atoms with Gasteiger partial charge in [-0.3, -0.25) is 9.59 Å². The van der Waals surface area contributed by atoms with E-state index >= 15 is 0 Å².